The van der Waals surface area contributed by atoms with Crippen molar-refractivity contribution in [1.82, 2.24) is 9.80 Å². The summed E-state index contributed by atoms with van der Waals surface area (Å²) in [7, 11) is 0. The van der Waals surface area contributed by atoms with Crippen molar-refractivity contribution in [1.29, 1.82) is 0 Å². The fraction of sp³-hybridized carbons (Fsp3) is 0.571. The quantitative estimate of drug-likeness (QED) is 0.776. The Morgan fingerprint density at radius 2 is 1.90 bits per heavy atom. The second-order valence-corrected chi connectivity index (χ2v) is 5.63. The zero-order valence-electron chi connectivity index (χ0n) is 12.0. The molecule has 0 aliphatic carbocycles. The van der Waals surface area contributed by atoms with Crippen LogP contribution in [0.2, 0.25) is 0 Å². The maximum Gasteiger partial charge on any atom is 0.409 e. The average molecular weight is 359 g/mol. The van der Waals surface area contributed by atoms with E-state index in [2.05, 4.69) is 15.9 Å². The van der Waals surface area contributed by atoms with Gasteiger partial charge in [0.2, 0.25) is 0 Å². The molecular weight excluding hydrogens is 340 g/mol. The van der Waals surface area contributed by atoms with Crippen LogP contribution in [0, 0.1) is 0 Å². The summed E-state index contributed by atoms with van der Waals surface area (Å²) in [6, 6.07) is 3.33. The van der Waals surface area contributed by atoms with Crippen molar-refractivity contribution in [2.24, 2.45) is 0 Å². The van der Waals surface area contributed by atoms with Crippen LogP contribution in [-0.2, 0) is 4.74 Å². The molecule has 0 unspecified atom stereocenters. The molecule has 6 nitrogen and oxygen atoms in total. The van der Waals surface area contributed by atoms with Gasteiger partial charge in [-0.25, -0.2) is 4.79 Å². The summed E-state index contributed by atoms with van der Waals surface area (Å²) < 4.78 is 11.0. The standard InChI is InChI=1S/C14H19BrN2O4/c1-2-3-10-20-14(19)17-8-6-16(7-9-17)13(18)11-4-5-12(15)21-11/h4-5H,2-3,6-10H2,1H3. The SMILES string of the molecule is CCCCOC(=O)N1CCN(C(=O)c2ccc(Br)o2)CC1. The molecule has 1 aromatic rings. The molecule has 0 bridgehead atoms. The lowest BCUT2D eigenvalue weighted by Crippen LogP contribution is -2.50. The number of rotatable bonds is 4. The molecule has 2 rings (SSSR count). The zero-order chi connectivity index (χ0) is 15.2. The Hall–Kier alpha value is -1.50. The van der Waals surface area contributed by atoms with Crippen LogP contribution in [0.4, 0.5) is 4.79 Å². The lowest BCUT2D eigenvalue weighted by atomic mass is 10.3. The van der Waals surface area contributed by atoms with E-state index in [1.54, 1.807) is 21.9 Å². The number of carbonyl (C=O) groups excluding carboxylic acids is 2. The molecule has 21 heavy (non-hydrogen) atoms. The monoisotopic (exact) mass is 358 g/mol. The van der Waals surface area contributed by atoms with Crippen LogP contribution in [0.15, 0.2) is 21.2 Å². The van der Waals surface area contributed by atoms with Gasteiger partial charge in [0.1, 0.15) is 0 Å². The molecule has 116 valence electrons. The zero-order valence-corrected chi connectivity index (χ0v) is 13.6. The van der Waals surface area contributed by atoms with E-state index in [0.29, 0.717) is 43.2 Å². The second-order valence-electron chi connectivity index (χ2n) is 4.85. The van der Waals surface area contributed by atoms with E-state index < -0.39 is 0 Å². The molecule has 0 N–H and O–H groups in total. The fourth-order valence-corrected chi connectivity index (χ4v) is 2.38. The van der Waals surface area contributed by atoms with Gasteiger partial charge in [-0.05, 0) is 34.5 Å². The maximum absolute atomic E-state index is 12.2. The normalized spacial score (nSPS) is 15.1. The number of carbonyl (C=O) groups is 2. The van der Waals surface area contributed by atoms with E-state index in [1.165, 1.54) is 0 Å². The minimum atomic E-state index is -0.295. The summed E-state index contributed by atoms with van der Waals surface area (Å²) in [6.45, 7) is 4.44. The molecule has 1 saturated heterocycles. The third kappa shape index (κ3) is 4.23. The molecule has 2 amide bonds. The van der Waals surface area contributed by atoms with Crippen molar-refractivity contribution in [3.8, 4) is 0 Å². The summed E-state index contributed by atoms with van der Waals surface area (Å²) in [5, 5.41) is 0. The summed E-state index contributed by atoms with van der Waals surface area (Å²) in [5.74, 6) is 0.153. The van der Waals surface area contributed by atoms with E-state index in [9.17, 15) is 9.59 Å². The van der Waals surface area contributed by atoms with Gasteiger partial charge in [-0.2, -0.15) is 0 Å². The first-order valence-electron chi connectivity index (χ1n) is 7.08. The van der Waals surface area contributed by atoms with Gasteiger partial charge in [0, 0.05) is 26.2 Å². The predicted molar refractivity (Wildman–Crippen MR) is 80.1 cm³/mol. The number of amides is 2. The van der Waals surface area contributed by atoms with Gasteiger partial charge < -0.3 is 19.0 Å². The molecule has 2 heterocycles. The molecule has 0 radical (unpaired) electrons. The van der Waals surface area contributed by atoms with Gasteiger partial charge >= 0.3 is 6.09 Å². The van der Waals surface area contributed by atoms with Crippen molar-refractivity contribution in [2.75, 3.05) is 32.8 Å². The van der Waals surface area contributed by atoms with Crippen molar-refractivity contribution < 1.29 is 18.7 Å². The van der Waals surface area contributed by atoms with E-state index in [-0.39, 0.29) is 12.0 Å². The average Bonchev–Trinajstić information content (AvgIpc) is 2.93. The number of hydrogen-bond donors (Lipinski definition) is 0. The van der Waals surface area contributed by atoms with Crippen molar-refractivity contribution in [3.63, 3.8) is 0 Å². The summed E-state index contributed by atoms with van der Waals surface area (Å²) in [6.07, 6.45) is 1.57. The lowest BCUT2D eigenvalue weighted by Gasteiger charge is -2.33. The second kappa shape index (κ2) is 7.49. The number of halogens is 1. The maximum atomic E-state index is 12.2. The lowest BCUT2D eigenvalue weighted by molar-refractivity contribution is 0.0533. The highest BCUT2D eigenvalue weighted by atomic mass is 79.9. The first kappa shape index (κ1) is 15.9. The van der Waals surface area contributed by atoms with Gasteiger partial charge in [-0.3, -0.25) is 4.79 Å². The van der Waals surface area contributed by atoms with Gasteiger partial charge in [0.05, 0.1) is 6.61 Å². The number of piperazine rings is 1. The number of ether oxygens (including phenoxy) is 1. The third-order valence-electron chi connectivity index (χ3n) is 3.33. The van der Waals surface area contributed by atoms with Crippen LogP contribution in [0.1, 0.15) is 30.3 Å². The Morgan fingerprint density at radius 3 is 2.48 bits per heavy atom. The molecule has 7 heteroatoms. The van der Waals surface area contributed by atoms with Crippen LogP contribution in [0.5, 0.6) is 0 Å². The van der Waals surface area contributed by atoms with E-state index >= 15 is 0 Å². The number of furan rings is 1. The number of nitrogens with zero attached hydrogens (tertiary/aromatic N) is 2. The van der Waals surface area contributed by atoms with Gasteiger partial charge in [0.15, 0.2) is 10.4 Å². The van der Waals surface area contributed by atoms with Crippen molar-refractivity contribution in [2.45, 2.75) is 19.8 Å². The van der Waals surface area contributed by atoms with E-state index in [0.717, 1.165) is 12.8 Å². The molecule has 0 atom stereocenters. The van der Waals surface area contributed by atoms with E-state index in [1.807, 2.05) is 6.92 Å². The van der Waals surface area contributed by atoms with Crippen LogP contribution in [-0.4, -0.2) is 54.6 Å². The predicted octanol–water partition coefficient (Wildman–Crippen LogP) is 2.74. The van der Waals surface area contributed by atoms with Crippen LogP contribution >= 0.6 is 15.9 Å². The van der Waals surface area contributed by atoms with Crippen LogP contribution in [0.25, 0.3) is 0 Å². The number of hydrogen-bond acceptors (Lipinski definition) is 4. The highest BCUT2D eigenvalue weighted by molar-refractivity contribution is 9.10. The Bertz CT molecular complexity index is 495. The Kier molecular flexibility index (Phi) is 5.67. The first-order valence-corrected chi connectivity index (χ1v) is 7.87. The van der Waals surface area contributed by atoms with Gasteiger partial charge in [0.25, 0.3) is 5.91 Å². The van der Waals surface area contributed by atoms with Gasteiger partial charge in [-0.1, -0.05) is 13.3 Å². The van der Waals surface area contributed by atoms with Crippen LogP contribution in [0.3, 0.4) is 0 Å². The molecule has 1 aromatic heterocycles. The smallest absolute Gasteiger partial charge is 0.409 e. The Balaban J connectivity index is 1.80. The molecule has 1 fully saturated rings. The molecule has 0 spiro atoms. The summed E-state index contributed by atoms with van der Waals surface area (Å²) >= 11 is 3.18. The third-order valence-corrected chi connectivity index (χ3v) is 3.76. The molecule has 1 aliphatic rings. The van der Waals surface area contributed by atoms with Gasteiger partial charge in [-0.15, -0.1) is 0 Å². The Morgan fingerprint density at radius 1 is 1.24 bits per heavy atom. The van der Waals surface area contributed by atoms with E-state index in [4.69, 9.17) is 9.15 Å². The topological polar surface area (TPSA) is 63.0 Å². The molecule has 1 aliphatic heterocycles. The van der Waals surface area contributed by atoms with Crippen molar-refractivity contribution >= 4 is 27.9 Å². The summed E-state index contributed by atoms with van der Waals surface area (Å²) in [4.78, 5) is 27.3. The minimum Gasteiger partial charge on any atom is -0.449 e. The highest BCUT2D eigenvalue weighted by Crippen LogP contribution is 2.16. The van der Waals surface area contributed by atoms with Crippen LogP contribution < -0.4 is 0 Å². The largest absolute Gasteiger partial charge is 0.449 e. The molecular formula is C14H19BrN2O4. The van der Waals surface area contributed by atoms with Crippen molar-refractivity contribution in [3.05, 3.63) is 22.6 Å². The first-order chi connectivity index (χ1) is 10.1. The Labute approximate surface area is 132 Å². The summed E-state index contributed by atoms with van der Waals surface area (Å²) in [5.41, 5.74) is 0. The fourth-order valence-electron chi connectivity index (χ4n) is 2.07. The molecule has 0 aromatic carbocycles. The molecule has 0 saturated carbocycles. The number of unbranched alkanes of at least 4 members (excludes halogenated alkanes) is 1. The minimum absolute atomic E-state index is 0.153. The highest BCUT2D eigenvalue weighted by Gasteiger charge is 2.26.